The molecule has 0 saturated heterocycles. The minimum Gasteiger partial charge on any atom is -0.379 e. The highest BCUT2D eigenvalue weighted by Gasteiger charge is 2.03. The van der Waals surface area contributed by atoms with Crippen molar-refractivity contribution in [3.63, 3.8) is 0 Å². The molecule has 0 aliphatic heterocycles. The first kappa shape index (κ1) is 17.2. The topological polar surface area (TPSA) is 52.6 Å². The molecule has 0 N–H and O–H groups in total. The van der Waals surface area contributed by atoms with Crippen LogP contribution in [-0.4, -0.2) is 40.6 Å². The Morgan fingerprint density at radius 2 is 1.47 bits per heavy atom. The van der Waals surface area contributed by atoms with Crippen LogP contribution in [0.15, 0.2) is 0 Å². The largest absolute Gasteiger partial charge is 0.379 e. The summed E-state index contributed by atoms with van der Waals surface area (Å²) in [6.07, 6.45) is 4.47. The molecular weight excluding hydrogens is 264 g/mol. The molecule has 17 heavy (non-hydrogen) atoms. The van der Waals surface area contributed by atoms with Gasteiger partial charge in [-0.15, -0.1) is 0 Å². The minimum absolute atomic E-state index is 0.0697. The maximum Gasteiger partial charge on any atom is 0.232 e. The van der Waals surface area contributed by atoms with E-state index in [0.717, 1.165) is 32.3 Å². The fourth-order valence-electron chi connectivity index (χ4n) is 1.30. The van der Waals surface area contributed by atoms with E-state index < -0.39 is 9.05 Å². The summed E-state index contributed by atoms with van der Waals surface area (Å²) in [5.74, 6) is 0.0697. The van der Waals surface area contributed by atoms with Gasteiger partial charge in [0.1, 0.15) is 0 Å². The molecule has 0 aliphatic carbocycles. The molecule has 0 bridgehead atoms. The zero-order valence-corrected chi connectivity index (χ0v) is 12.1. The summed E-state index contributed by atoms with van der Waals surface area (Å²) in [4.78, 5) is 0. The molecule has 0 rings (SSSR count). The lowest BCUT2D eigenvalue weighted by Gasteiger charge is -2.04. The SMILES string of the molecule is CCCOCCOCCCCCCS(=O)(=O)Cl. The second kappa shape index (κ2) is 11.3. The Labute approximate surface area is 109 Å². The quantitative estimate of drug-likeness (QED) is 0.409. The monoisotopic (exact) mass is 286 g/mol. The highest BCUT2D eigenvalue weighted by atomic mass is 35.7. The molecule has 0 spiro atoms. The van der Waals surface area contributed by atoms with Crippen molar-refractivity contribution in [3.8, 4) is 0 Å². The summed E-state index contributed by atoms with van der Waals surface area (Å²) < 4.78 is 31.9. The minimum atomic E-state index is -3.31. The Balaban J connectivity index is 3.04. The van der Waals surface area contributed by atoms with Gasteiger partial charge in [-0.1, -0.05) is 19.8 Å². The Morgan fingerprint density at radius 1 is 0.882 bits per heavy atom. The van der Waals surface area contributed by atoms with Crippen LogP contribution in [0.25, 0.3) is 0 Å². The van der Waals surface area contributed by atoms with Crippen molar-refractivity contribution in [2.75, 3.05) is 32.2 Å². The van der Waals surface area contributed by atoms with Crippen LogP contribution in [0.1, 0.15) is 39.0 Å². The van der Waals surface area contributed by atoms with Crippen molar-refractivity contribution in [1.82, 2.24) is 0 Å². The van der Waals surface area contributed by atoms with Crippen LogP contribution in [-0.2, 0) is 18.5 Å². The van der Waals surface area contributed by atoms with Crippen molar-refractivity contribution in [3.05, 3.63) is 0 Å². The van der Waals surface area contributed by atoms with E-state index in [1.165, 1.54) is 0 Å². The first-order valence-electron chi connectivity index (χ1n) is 6.14. The molecule has 0 atom stereocenters. The average Bonchev–Trinajstić information content (AvgIpc) is 2.24. The van der Waals surface area contributed by atoms with Gasteiger partial charge in [0.25, 0.3) is 0 Å². The van der Waals surface area contributed by atoms with Gasteiger partial charge in [-0.2, -0.15) is 0 Å². The number of hydrogen-bond acceptors (Lipinski definition) is 4. The maximum atomic E-state index is 10.6. The van der Waals surface area contributed by atoms with E-state index in [-0.39, 0.29) is 5.75 Å². The molecule has 104 valence electrons. The Kier molecular flexibility index (Phi) is 11.4. The number of halogens is 1. The molecule has 4 nitrogen and oxygen atoms in total. The third-order valence-electron chi connectivity index (χ3n) is 2.15. The molecule has 0 fully saturated rings. The summed E-state index contributed by atoms with van der Waals surface area (Å²) in [6.45, 7) is 4.86. The summed E-state index contributed by atoms with van der Waals surface area (Å²) in [5, 5.41) is 0. The van der Waals surface area contributed by atoms with Gasteiger partial charge in [0, 0.05) is 23.9 Å². The summed E-state index contributed by atoms with van der Waals surface area (Å²) in [5.41, 5.74) is 0. The molecule has 0 radical (unpaired) electrons. The van der Waals surface area contributed by atoms with E-state index in [1.54, 1.807) is 0 Å². The normalized spacial score (nSPS) is 11.9. The van der Waals surface area contributed by atoms with Gasteiger partial charge in [0.2, 0.25) is 9.05 Å². The van der Waals surface area contributed by atoms with Crippen LogP contribution >= 0.6 is 10.7 Å². The third-order valence-corrected chi connectivity index (χ3v) is 3.39. The van der Waals surface area contributed by atoms with E-state index >= 15 is 0 Å². The van der Waals surface area contributed by atoms with Crippen LogP contribution in [0.2, 0.25) is 0 Å². The van der Waals surface area contributed by atoms with Crippen molar-refractivity contribution < 1.29 is 17.9 Å². The molecule has 0 aromatic rings. The fraction of sp³-hybridized carbons (Fsp3) is 1.00. The van der Waals surface area contributed by atoms with Crippen LogP contribution in [0, 0.1) is 0 Å². The lowest BCUT2D eigenvalue weighted by atomic mass is 10.2. The fourth-order valence-corrected chi connectivity index (χ4v) is 2.17. The van der Waals surface area contributed by atoms with Gasteiger partial charge < -0.3 is 9.47 Å². The van der Waals surface area contributed by atoms with E-state index in [0.29, 0.717) is 26.2 Å². The van der Waals surface area contributed by atoms with E-state index in [9.17, 15) is 8.42 Å². The molecule has 0 aromatic heterocycles. The Bertz CT molecular complexity index is 254. The summed E-state index contributed by atoms with van der Waals surface area (Å²) in [7, 11) is 1.78. The first-order valence-corrected chi connectivity index (χ1v) is 8.62. The van der Waals surface area contributed by atoms with E-state index in [2.05, 4.69) is 6.92 Å². The van der Waals surface area contributed by atoms with Gasteiger partial charge in [-0.3, -0.25) is 0 Å². The third kappa shape index (κ3) is 16.2. The van der Waals surface area contributed by atoms with Gasteiger partial charge in [-0.05, 0) is 19.3 Å². The summed E-state index contributed by atoms with van der Waals surface area (Å²) >= 11 is 0. The van der Waals surface area contributed by atoms with Gasteiger partial charge in [0.15, 0.2) is 0 Å². The van der Waals surface area contributed by atoms with Crippen molar-refractivity contribution in [2.45, 2.75) is 39.0 Å². The van der Waals surface area contributed by atoms with Gasteiger partial charge in [0.05, 0.1) is 19.0 Å². The second-order valence-electron chi connectivity index (χ2n) is 3.88. The van der Waals surface area contributed by atoms with Gasteiger partial charge >= 0.3 is 0 Å². The van der Waals surface area contributed by atoms with Crippen LogP contribution in [0.4, 0.5) is 0 Å². The molecular formula is C11H23ClO4S. The zero-order valence-electron chi connectivity index (χ0n) is 10.5. The predicted octanol–water partition coefficient (Wildman–Crippen LogP) is 2.56. The molecule has 0 aromatic carbocycles. The Morgan fingerprint density at radius 3 is 2.06 bits per heavy atom. The Hall–Kier alpha value is 0.160. The molecule has 0 saturated carbocycles. The lowest BCUT2D eigenvalue weighted by molar-refractivity contribution is 0.0465. The second-order valence-corrected chi connectivity index (χ2v) is 6.78. The van der Waals surface area contributed by atoms with Crippen LogP contribution in [0.3, 0.4) is 0 Å². The summed E-state index contributed by atoms with van der Waals surface area (Å²) in [6, 6.07) is 0. The van der Waals surface area contributed by atoms with Crippen LogP contribution < -0.4 is 0 Å². The first-order chi connectivity index (χ1) is 8.06. The predicted molar refractivity (Wildman–Crippen MR) is 70.0 cm³/mol. The zero-order chi connectivity index (χ0) is 13.0. The van der Waals surface area contributed by atoms with E-state index in [4.69, 9.17) is 20.2 Å². The highest BCUT2D eigenvalue weighted by Crippen LogP contribution is 2.05. The average molecular weight is 287 g/mol. The smallest absolute Gasteiger partial charge is 0.232 e. The molecule has 0 unspecified atom stereocenters. The van der Waals surface area contributed by atoms with E-state index in [1.807, 2.05) is 0 Å². The highest BCUT2D eigenvalue weighted by molar-refractivity contribution is 8.13. The van der Waals surface area contributed by atoms with Crippen molar-refractivity contribution in [1.29, 1.82) is 0 Å². The maximum absolute atomic E-state index is 10.6. The van der Waals surface area contributed by atoms with Gasteiger partial charge in [-0.25, -0.2) is 8.42 Å². The number of rotatable bonds is 12. The number of unbranched alkanes of at least 4 members (excludes halogenated alkanes) is 3. The molecule has 0 aliphatic rings. The molecule has 0 heterocycles. The van der Waals surface area contributed by atoms with Crippen LogP contribution in [0.5, 0.6) is 0 Å². The van der Waals surface area contributed by atoms with Crippen molar-refractivity contribution >= 4 is 19.7 Å². The standard InChI is InChI=1S/C11H23ClO4S/c1-2-7-15-9-10-16-8-5-3-4-6-11-17(12,13)14/h2-11H2,1H3. The molecule has 6 heteroatoms. The van der Waals surface area contributed by atoms with Crippen molar-refractivity contribution in [2.24, 2.45) is 0 Å². The molecule has 0 amide bonds. The lowest BCUT2D eigenvalue weighted by Crippen LogP contribution is -2.05. The number of ether oxygens (including phenoxy) is 2. The number of hydrogen-bond donors (Lipinski definition) is 0.